The highest BCUT2D eigenvalue weighted by atomic mass is 14.9. The predicted octanol–water partition coefficient (Wildman–Crippen LogP) is 3.76. The van der Waals surface area contributed by atoms with Crippen molar-refractivity contribution in [1.82, 2.24) is 10.3 Å². The Labute approximate surface area is 115 Å². The SMILES string of the molecule is CC(C)C1(CNCc2cccc3cnccc23)CC1. The minimum Gasteiger partial charge on any atom is -0.312 e. The summed E-state index contributed by atoms with van der Waals surface area (Å²) in [5.41, 5.74) is 1.95. The van der Waals surface area contributed by atoms with Crippen LogP contribution in [-0.4, -0.2) is 11.5 Å². The Balaban J connectivity index is 1.69. The zero-order valence-corrected chi connectivity index (χ0v) is 11.8. The minimum atomic E-state index is 0.576. The van der Waals surface area contributed by atoms with E-state index in [1.165, 1.54) is 29.2 Å². The summed E-state index contributed by atoms with van der Waals surface area (Å²) in [5.74, 6) is 0.789. The number of nitrogens with one attached hydrogen (secondary N) is 1. The molecule has 0 atom stereocenters. The van der Waals surface area contributed by atoms with Crippen LogP contribution in [0.3, 0.4) is 0 Å². The van der Waals surface area contributed by atoms with Crippen molar-refractivity contribution in [3.05, 3.63) is 42.2 Å². The first-order chi connectivity index (χ1) is 9.21. The molecule has 2 aromatic rings. The lowest BCUT2D eigenvalue weighted by atomic mass is 9.92. The third-order valence-electron chi connectivity index (χ3n) is 4.68. The van der Waals surface area contributed by atoms with E-state index in [1.54, 1.807) is 0 Å². The van der Waals surface area contributed by atoms with Crippen molar-refractivity contribution >= 4 is 10.8 Å². The molecular weight excluding hydrogens is 232 g/mol. The van der Waals surface area contributed by atoms with E-state index in [9.17, 15) is 0 Å². The highest BCUT2D eigenvalue weighted by molar-refractivity contribution is 5.84. The van der Waals surface area contributed by atoms with Crippen LogP contribution in [0.4, 0.5) is 0 Å². The first-order valence-corrected chi connectivity index (χ1v) is 7.24. The molecule has 0 radical (unpaired) electrons. The molecule has 0 saturated heterocycles. The minimum absolute atomic E-state index is 0.576. The molecule has 2 nitrogen and oxygen atoms in total. The monoisotopic (exact) mass is 254 g/mol. The van der Waals surface area contributed by atoms with Gasteiger partial charge in [-0.25, -0.2) is 0 Å². The summed E-state index contributed by atoms with van der Waals surface area (Å²) in [4.78, 5) is 4.19. The number of nitrogens with zero attached hydrogens (tertiary/aromatic N) is 1. The molecule has 0 aliphatic heterocycles. The van der Waals surface area contributed by atoms with Gasteiger partial charge in [-0.2, -0.15) is 0 Å². The van der Waals surface area contributed by atoms with E-state index in [2.05, 4.69) is 48.4 Å². The fourth-order valence-corrected chi connectivity index (χ4v) is 2.91. The molecule has 0 amide bonds. The first-order valence-electron chi connectivity index (χ1n) is 7.24. The summed E-state index contributed by atoms with van der Waals surface area (Å²) in [6.45, 7) is 6.79. The van der Waals surface area contributed by atoms with Gasteiger partial charge in [-0.1, -0.05) is 32.0 Å². The topological polar surface area (TPSA) is 24.9 Å². The Morgan fingerprint density at radius 3 is 2.84 bits per heavy atom. The molecule has 1 N–H and O–H groups in total. The maximum Gasteiger partial charge on any atom is 0.0346 e. The molecule has 0 spiro atoms. The third-order valence-corrected chi connectivity index (χ3v) is 4.68. The second kappa shape index (κ2) is 4.93. The molecule has 2 heteroatoms. The molecule has 1 aliphatic carbocycles. The number of rotatable bonds is 5. The van der Waals surface area contributed by atoms with Crippen LogP contribution in [0.5, 0.6) is 0 Å². The highest BCUT2D eigenvalue weighted by Crippen LogP contribution is 2.51. The van der Waals surface area contributed by atoms with E-state index < -0.39 is 0 Å². The van der Waals surface area contributed by atoms with Crippen LogP contribution in [0.1, 0.15) is 32.3 Å². The van der Waals surface area contributed by atoms with Gasteiger partial charge in [0.05, 0.1) is 0 Å². The van der Waals surface area contributed by atoms with Gasteiger partial charge < -0.3 is 5.32 Å². The Bertz CT molecular complexity index is 565. The quantitative estimate of drug-likeness (QED) is 0.878. The molecule has 1 aromatic heterocycles. The fourth-order valence-electron chi connectivity index (χ4n) is 2.91. The van der Waals surface area contributed by atoms with Gasteiger partial charge in [0, 0.05) is 30.9 Å². The average molecular weight is 254 g/mol. The van der Waals surface area contributed by atoms with Crippen molar-refractivity contribution in [2.75, 3.05) is 6.54 Å². The standard InChI is InChI=1S/C17H22N2/c1-13(2)17(7-8-17)12-19-11-15-5-3-4-14-10-18-9-6-16(14)15/h3-6,9-10,13,19H,7-8,11-12H2,1-2H3. The number of hydrogen-bond donors (Lipinski definition) is 1. The van der Waals surface area contributed by atoms with Gasteiger partial charge in [0.15, 0.2) is 0 Å². The Morgan fingerprint density at radius 1 is 1.26 bits per heavy atom. The molecule has 1 saturated carbocycles. The van der Waals surface area contributed by atoms with Gasteiger partial charge >= 0.3 is 0 Å². The van der Waals surface area contributed by atoms with Gasteiger partial charge in [-0.3, -0.25) is 4.98 Å². The number of pyridine rings is 1. The molecule has 1 fully saturated rings. The van der Waals surface area contributed by atoms with E-state index >= 15 is 0 Å². The van der Waals surface area contributed by atoms with Gasteiger partial charge in [0.2, 0.25) is 0 Å². The summed E-state index contributed by atoms with van der Waals surface area (Å²) in [6, 6.07) is 8.57. The average Bonchev–Trinajstić information content (AvgIpc) is 3.20. The van der Waals surface area contributed by atoms with Crippen LogP contribution in [0.15, 0.2) is 36.7 Å². The van der Waals surface area contributed by atoms with Crippen molar-refractivity contribution < 1.29 is 0 Å². The van der Waals surface area contributed by atoms with Crippen LogP contribution in [0.25, 0.3) is 10.8 Å². The van der Waals surface area contributed by atoms with Crippen molar-refractivity contribution in [2.45, 2.75) is 33.2 Å². The smallest absolute Gasteiger partial charge is 0.0346 e. The Kier molecular flexibility index (Phi) is 3.28. The normalized spacial score (nSPS) is 17.0. The van der Waals surface area contributed by atoms with E-state index in [-0.39, 0.29) is 0 Å². The molecule has 19 heavy (non-hydrogen) atoms. The van der Waals surface area contributed by atoms with Crippen molar-refractivity contribution in [3.63, 3.8) is 0 Å². The van der Waals surface area contributed by atoms with Crippen LogP contribution in [0, 0.1) is 11.3 Å². The summed E-state index contributed by atoms with van der Waals surface area (Å²) >= 11 is 0. The van der Waals surface area contributed by atoms with Gasteiger partial charge in [-0.05, 0) is 41.2 Å². The van der Waals surface area contributed by atoms with Gasteiger partial charge in [0.1, 0.15) is 0 Å². The molecule has 1 aliphatic rings. The second-order valence-electron chi connectivity index (χ2n) is 6.13. The number of fused-ring (bicyclic) bond motifs is 1. The molecule has 1 heterocycles. The van der Waals surface area contributed by atoms with Crippen molar-refractivity contribution in [3.8, 4) is 0 Å². The molecular formula is C17H22N2. The van der Waals surface area contributed by atoms with E-state index in [0.717, 1.165) is 19.0 Å². The fraction of sp³-hybridized carbons (Fsp3) is 0.471. The van der Waals surface area contributed by atoms with Crippen LogP contribution in [0.2, 0.25) is 0 Å². The Hall–Kier alpha value is -1.41. The Morgan fingerprint density at radius 2 is 2.11 bits per heavy atom. The molecule has 1 aromatic carbocycles. The molecule has 3 rings (SSSR count). The predicted molar refractivity (Wildman–Crippen MR) is 80.0 cm³/mol. The summed E-state index contributed by atoms with van der Waals surface area (Å²) in [5, 5.41) is 6.20. The van der Waals surface area contributed by atoms with Gasteiger partial charge in [0.25, 0.3) is 0 Å². The lowest BCUT2D eigenvalue weighted by Gasteiger charge is -2.20. The molecule has 0 bridgehead atoms. The van der Waals surface area contributed by atoms with Crippen LogP contribution in [-0.2, 0) is 6.54 Å². The number of benzene rings is 1. The molecule has 0 unspecified atom stereocenters. The summed E-state index contributed by atoms with van der Waals surface area (Å²) in [6.07, 6.45) is 6.59. The summed E-state index contributed by atoms with van der Waals surface area (Å²) < 4.78 is 0. The maximum atomic E-state index is 4.19. The van der Waals surface area contributed by atoms with Crippen molar-refractivity contribution in [1.29, 1.82) is 0 Å². The lowest BCUT2D eigenvalue weighted by Crippen LogP contribution is -2.27. The van der Waals surface area contributed by atoms with Crippen LogP contribution >= 0.6 is 0 Å². The van der Waals surface area contributed by atoms with E-state index in [1.807, 2.05) is 12.4 Å². The zero-order valence-electron chi connectivity index (χ0n) is 11.8. The third kappa shape index (κ3) is 2.50. The number of hydrogen-bond acceptors (Lipinski definition) is 2. The lowest BCUT2D eigenvalue weighted by molar-refractivity contribution is 0.338. The zero-order chi connectivity index (χ0) is 13.3. The summed E-state index contributed by atoms with van der Waals surface area (Å²) in [7, 11) is 0. The van der Waals surface area contributed by atoms with Crippen LogP contribution < -0.4 is 5.32 Å². The van der Waals surface area contributed by atoms with Crippen molar-refractivity contribution in [2.24, 2.45) is 11.3 Å². The second-order valence-corrected chi connectivity index (χ2v) is 6.13. The van der Waals surface area contributed by atoms with Gasteiger partial charge in [-0.15, -0.1) is 0 Å². The largest absolute Gasteiger partial charge is 0.312 e. The maximum absolute atomic E-state index is 4.19. The van der Waals surface area contributed by atoms with E-state index in [4.69, 9.17) is 0 Å². The number of aromatic nitrogens is 1. The van der Waals surface area contributed by atoms with E-state index in [0.29, 0.717) is 5.41 Å². The first kappa shape index (κ1) is 12.6. The molecule has 100 valence electrons. The highest BCUT2D eigenvalue weighted by Gasteiger charge is 2.44.